The van der Waals surface area contributed by atoms with Crippen molar-refractivity contribution in [3.05, 3.63) is 77.3 Å². The predicted octanol–water partition coefficient (Wildman–Crippen LogP) is 4.26. The number of halogens is 1. The van der Waals surface area contributed by atoms with Crippen LogP contribution in [0.15, 0.2) is 58.7 Å². The first kappa shape index (κ1) is 16.3. The Labute approximate surface area is 159 Å². The summed E-state index contributed by atoms with van der Waals surface area (Å²) in [7, 11) is 0. The van der Waals surface area contributed by atoms with Gasteiger partial charge in [0.05, 0.1) is 28.5 Å². The largest absolute Gasteiger partial charge is 0.299 e. The summed E-state index contributed by atoms with van der Waals surface area (Å²) >= 11 is 1.63. The van der Waals surface area contributed by atoms with Gasteiger partial charge in [-0.25, -0.2) is 14.1 Å². The van der Waals surface area contributed by atoms with Gasteiger partial charge in [-0.3, -0.25) is 4.57 Å². The van der Waals surface area contributed by atoms with Gasteiger partial charge in [-0.2, -0.15) is 0 Å². The van der Waals surface area contributed by atoms with Crippen LogP contribution in [0, 0.1) is 19.7 Å². The average molecular weight is 377 g/mol. The first-order chi connectivity index (χ1) is 13.1. The smallest absolute Gasteiger partial charge is 0.125 e. The van der Waals surface area contributed by atoms with Gasteiger partial charge in [0, 0.05) is 17.4 Å². The second kappa shape index (κ2) is 6.06. The van der Waals surface area contributed by atoms with Crippen molar-refractivity contribution in [2.45, 2.75) is 30.2 Å². The molecule has 0 aliphatic carbocycles. The Hall–Kier alpha value is -2.93. The fourth-order valence-electron chi connectivity index (χ4n) is 3.33. The summed E-state index contributed by atoms with van der Waals surface area (Å²) < 4.78 is 17.7. The van der Waals surface area contributed by atoms with Crippen LogP contribution in [0.3, 0.4) is 0 Å². The molecule has 0 unspecified atom stereocenters. The molecule has 0 saturated heterocycles. The molecule has 2 aromatic heterocycles. The first-order valence-corrected chi connectivity index (χ1v) is 9.44. The number of hydrogen-bond acceptors (Lipinski definition) is 4. The Kier molecular flexibility index (Phi) is 3.65. The number of fused-ring (bicyclic) bond motifs is 5. The highest BCUT2D eigenvalue weighted by Crippen LogP contribution is 2.36. The lowest BCUT2D eigenvalue weighted by Gasteiger charge is -2.09. The molecule has 7 heteroatoms. The van der Waals surface area contributed by atoms with Gasteiger partial charge in [-0.05, 0) is 38.1 Å². The van der Waals surface area contributed by atoms with E-state index in [4.69, 9.17) is 0 Å². The first-order valence-electron chi connectivity index (χ1n) is 8.62. The molecule has 0 bridgehead atoms. The lowest BCUT2D eigenvalue weighted by atomic mass is 10.2. The maximum atomic E-state index is 13.9. The normalized spacial score (nSPS) is 12.3. The van der Waals surface area contributed by atoms with E-state index in [0.29, 0.717) is 12.1 Å². The third-order valence-electron chi connectivity index (χ3n) is 4.78. The highest BCUT2D eigenvalue weighted by atomic mass is 32.2. The van der Waals surface area contributed by atoms with Crippen molar-refractivity contribution < 1.29 is 4.39 Å². The predicted molar refractivity (Wildman–Crippen MR) is 101 cm³/mol. The Morgan fingerprint density at radius 1 is 1.00 bits per heavy atom. The van der Waals surface area contributed by atoms with Crippen molar-refractivity contribution in [3.8, 4) is 11.4 Å². The quantitative estimate of drug-likeness (QED) is 0.461. The fourth-order valence-corrected chi connectivity index (χ4v) is 4.21. The Morgan fingerprint density at radius 3 is 2.63 bits per heavy atom. The molecule has 1 aliphatic heterocycles. The van der Waals surface area contributed by atoms with Crippen LogP contribution in [0.2, 0.25) is 0 Å². The number of hydrogen-bond donors (Lipinski definition) is 0. The number of aryl methyl sites for hydroxylation is 2. The summed E-state index contributed by atoms with van der Waals surface area (Å²) in [5, 5.41) is 9.38. The summed E-state index contributed by atoms with van der Waals surface area (Å²) in [6, 6.07) is 13.1. The van der Waals surface area contributed by atoms with Crippen molar-refractivity contribution >= 4 is 11.8 Å². The molecule has 134 valence electrons. The third kappa shape index (κ3) is 2.66. The van der Waals surface area contributed by atoms with E-state index in [9.17, 15) is 4.39 Å². The van der Waals surface area contributed by atoms with Gasteiger partial charge in [0.25, 0.3) is 0 Å². The van der Waals surface area contributed by atoms with Crippen LogP contribution < -0.4 is 0 Å². The summed E-state index contributed by atoms with van der Waals surface area (Å²) in [5.74, 6) is -0.300. The Morgan fingerprint density at radius 2 is 1.81 bits per heavy atom. The van der Waals surface area contributed by atoms with Crippen LogP contribution in [-0.4, -0.2) is 24.5 Å². The van der Waals surface area contributed by atoms with E-state index in [2.05, 4.69) is 46.5 Å². The molecule has 0 N–H and O–H groups in total. The van der Waals surface area contributed by atoms with Crippen LogP contribution in [0.25, 0.3) is 11.4 Å². The van der Waals surface area contributed by atoms with Gasteiger partial charge in [0.1, 0.15) is 17.2 Å². The van der Waals surface area contributed by atoms with Gasteiger partial charge >= 0.3 is 0 Å². The van der Waals surface area contributed by atoms with E-state index >= 15 is 0 Å². The molecule has 5 nitrogen and oxygen atoms in total. The molecule has 0 amide bonds. The maximum absolute atomic E-state index is 13.9. The van der Waals surface area contributed by atoms with E-state index in [1.54, 1.807) is 28.8 Å². The molecule has 27 heavy (non-hydrogen) atoms. The van der Waals surface area contributed by atoms with Crippen molar-refractivity contribution in [1.29, 1.82) is 0 Å². The number of benzene rings is 2. The number of imidazole rings is 1. The molecule has 0 radical (unpaired) electrons. The molecule has 2 aromatic carbocycles. The molecule has 0 atom stereocenters. The average Bonchev–Trinajstić information content (AvgIpc) is 3.18. The summed E-state index contributed by atoms with van der Waals surface area (Å²) in [6.45, 7) is 4.00. The standard InChI is InChI=1S/C20H16FN5S/c1-12-3-6-15(7-4-12)27-20-19-10-17-13(2)23-24-26(17)18-9-14(21)5-8-16(18)25(19)11-22-20/h3-9,11H,10H2,1-2H3. The molecule has 1 aliphatic rings. The van der Waals surface area contributed by atoms with Crippen molar-refractivity contribution in [2.24, 2.45) is 0 Å². The van der Waals surface area contributed by atoms with Crippen molar-refractivity contribution in [1.82, 2.24) is 24.5 Å². The minimum Gasteiger partial charge on any atom is -0.299 e. The molecular weight excluding hydrogens is 361 g/mol. The minimum absolute atomic E-state index is 0.300. The second-order valence-electron chi connectivity index (χ2n) is 6.62. The number of rotatable bonds is 2. The second-order valence-corrected chi connectivity index (χ2v) is 7.69. The number of aromatic nitrogens is 5. The van der Waals surface area contributed by atoms with Crippen LogP contribution in [0.1, 0.15) is 22.6 Å². The van der Waals surface area contributed by atoms with Gasteiger partial charge in [0.2, 0.25) is 0 Å². The Bertz CT molecular complexity index is 1160. The summed E-state index contributed by atoms with van der Waals surface area (Å²) in [4.78, 5) is 5.78. The zero-order valence-electron chi connectivity index (χ0n) is 14.8. The van der Waals surface area contributed by atoms with Crippen LogP contribution >= 0.6 is 11.8 Å². The molecule has 0 saturated carbocycles. The molecule has 5 rings (SSSR count). The molecular formula is C20H16FN5S. The van der Waals surface area contributed by atoms with Crippen LogP contribution in [-0.2, 0) is 6.42 Å². The van der Waals surface area contributed by atoms with Crippen molar-refractivity contribution in [3.63, 3.8) is 0 Å². The van der Waals surface area contributed by atoms with E-state index in [-0.39, 0.29) is 5.82 Å². The topological polar surface area (TPSA) is 48.5 Å². The minimum atomic E-state index is -0.300. The van der Waals surface area contributed by atoms with E-state index in [1.165, 1.54) is 17.7 Å². The highest BCUT2D eigenvalue weighted by Gasteiger charge is 2.25. The van der Waals surface area contributed by atoms with Gasteiger partial charge < -0.3 is 0 Å². The third-order valence-corrected chi connectivity index (χ3v) is 5.82. The zero-order chi connectivity index (χ0) is 18.5. The molecule has 0 spiro atoms. The van der Waals surface area contributed by atoms with E-state index in [0.717, 1.165) is 32.7 Å². The van der Waals surface area contributed by atoms with Crippen LogP contribution in [0.4, 0.5) is 4.39 Å². The van der Waals surface area contributed by atoms with Crippen molar-refractivity contribution in [2.75, 3.05) is 0 Å². The Balaban J connectivity index is 1.68. The fraction of sp³-hybridized carbons (Fsp3) is 0.150. The van der Waals surface area contributed by atoms with Gasteiger partial charge in [-0.1, -0.05) is 34.7 Å². The van der Waals surface area contributed by atoms with Gasteiger partial charge in [0.15, 0.2) is 0 Å². The summed E-state index contributed by atoms with van der Waals surface area (Å²) in [5.41, 5.74) is 5.59. The molecule has 3 heterocycles. The van der Waals surface area contributed by atoms with E-state index < -0.39 is 0 Å². The van der Waals surface area contributed by atoms with Crippen LogP contribution in [0.5, 0.6) is 0 Å². The number of nitrogens with zero attached hydrogens (tertiary/aromatic N) is 5. The lowest BCUT2D eigenvalue weighted by molar-refractivity contribution is 0.624. The highest BCUT2D eigenvalue weighted by molar-refractivity contribution is 7.99. The van der Waals surface area contributed by atoms with Gasteiger partial charge in [-0.15, -0.1) is 5.10 Å². The zero-order valence-corrected chi connectivity index (χ0v) is 15.7. The SMILES string of the molecule is Cc1ccc(Sc2ncn3c2Cc2c(C)nnn2-c2cc(F)ccc2-3)cc1. The maximum Gasteiger partial charge on any atom is 0.125 e. The molecule has 0 fully saturated rings. The summed E-state index contributed by atoms with van der Waals surface area (Å²) in [6.07, 6.45) is 2.43. The van der Waals surface area contributed by atoms with E-state index in [1.807, 2.05) is 11.5 Å². The monoisotopic (exact) mass is 377 g/mol. The molecule has 4 aromatic rings. The lowest BCUT2D eigenvalue weighted by Crippen LogP contribution is -2.04.